The Hall–Kier alpha value is -2.48. The second-order valence-corrected chi connectivity index (χ2v) is 3.37. The molecule has 1 unspecified atom stereocenters. The number of carboxylic acid groups (broad SMARTS) is 1. The first-order chi connectivity index (χ1) is 8.23. The van der Waals surface area contributed by atoms with Crippen molar-refractivity contribution >= 4 is 12.0 Å². The number of hydrogen-bond acceptors (Lipinski definition) is 5. The number of aliphatic carboxylic acids is 1. The number of hydrogen-bond donors (Lipinski definition) is 6. The highest BCUT2D eigenvalue weighted by Gasteiger charge is 2.12. The number of aromatic hydroxyl groups is 2. The van der Waals surface area contributed by atoms with Crippen LogP contribution in [-0.4, -0.2) is 33.4 Å². The molecule has 0 fully saturated rings. The molecule has 8 heteroatoms. The lowest BCUT2D eigenvalue weighted by molar-refractivity contribution is -0.138. The van der Waals surface area contributed by atoms with E-state index in [0.717, 1.165) is 0 Å². The Morgan fingerprint density at radius 3 is 2.06 bits per heavy atom. The summed E-state index contributed by atoms with van der Waals surface area (Å²) in [5, 5.41) is 26.6. The number of carbonyl (C=O) groups excluding carboxylic acids is 1. The largest absolute Gasteiger partial charge is 0.504 e. The van der Waals surface area contributed by atoms with Crippen molar-refractivity contribution in [2.45, 2.75) is 12.5 Å². The molecule has 0 heterocycles. The number of benzene rings is 1. The van der Waals surface area contributed by atoms with Gasteiger partial charge in [0.2, 0.25) is 0 Å². The zero-order valence-electron chi connectivity index (χ0n) is 9.41. The van der Waals surface area contributed by atoms with E-state index in [4.69, 9.17) is 25.8 Å². The van der Waals surface area contributed by atoms with Gasteiger partial charge in [0.15, 0.2) is 11.5 Å². The van der Waals surface area contributed by atoms with E-state index in [1.54, 1.807) is 0 Å². The van der Waals surface area contributed by atoms with Crippen LogP contribution in [0.2, 0.25) is 0 Å². The molecule has 0 aliphatic carbocycles. The molecule has 1 atom stereocenters. The summed E-state index contributed by atoms with van der Waals surface area (Å²) < 4.78 is 0. The Labute approximate surface area is 103 Å². The van der Waals surface area contributed by atoms with Gasteiger partial charge in [-0.05, 0) is 24.1 Å². The highest BCUT2D eigenvalue weighted by Crippen LogP contribution is 2.25. The van der Waals surface area contributed by atoms with E-state index in [2.05, 4.69) is 11.5 Å². The molecule has 0 saturated carbocycles. The molecule has 0 aliphatic heterocycles. The van der Waals surface area contributed by atoms with Gasteiger partial charge < -0.3 is 32.5 Å². The van der Waals surface area contributed by atoms with E-state index >= 15 is 0 Å². The minimum Gasteiger partial charge on any atom is -0.504 e. The second-order valence-electron chi connectivity index (χ2n) is 3.37. The SMILES string of the molecule is NC(Cc1ccc(O)c(O)c1)C(=O)O.NC(N)=O. The van der Waals surface area contributed by atoms with Gasteiger partial charge in [-0.3, -0.25) is 4.79 Å². The van der Waals surface area contributed by atoms with Gasteiger partial charge in [0.1, 0.15) is 6.04 Å². The predicted molar refractivity (Wildman–Crippen MR) is 62.9 cm³/mol. The van der Waals surface area contributed by atoms with Crippen LogP contribution in [0.5, 0.6) is 11.5 Å². The van der Waals surface area contributed by atoms with Crippen LogP contribution < -0.4 is 17.2 Å². The topological polar surface area (TPSA) is 173 Å². The molecule has 8 nitrogen and oxygen atoms in total. The monoisotopic (exact) mass is 257 g/mol. The van der Waals surface area contributed by atoms with Crippen molar-refractivity contribution in [2.24, 2.45) is 17.2 Å². The van der Waals surface area contributed by atoms with E-state index in [0.29, 0.717) is 5.56 Å². The molecule has 0 radical (unpaired) electrons. The number of urea groups is 1. The summed E-state index contributed by atoms with van der Waals surface area (Å²) in [6.45, 7) is 0. The average molecular weight is 257 g/mol. The molecule has 9 N–H and O–H groups in total. The molecule has 0 aliphatic rings. The number of nitrogens with two attached hydrogens (primary N) is 3. The number of rotatable bonds is 3. The first kappa shape index (κ1) is 15.5. The fraction of sp³-hybridized carbons (Fsp3) is 0.200. The molecule has 1 rings (SSSR count). The van der Waals surface area contributed by atoms with Gasteiger partial charge in [0.25, 0.3) is 0 Å². The highest BCUT2D eigenvalue weighted by molar-refractivity contribution is 5.73. The number of carboxylic acids is 1. The molecule has 0 aromatic heterocycles. The van der Waals surface area contributed by atoms with Crippen LogP contribution >= 0.6 is 0 Å². The number of amides is 2. The molecular weight excluding hydrogens is 242 g/mol. The van der Waals surface area contributed by atoms with Crippen molar-refractivity contribution in [2.75, 3.05) is 0 Å². The van der Waals surface area contributed by atoms with Crippen LogP contribution in [-0.2, 0) is 11.2 Å². The average Bonchev–Trinajstić information content (AvgIpc) is 2.22. The quantitative estimate of drug-likeness (QED) is 0.382. The second kappa shape index (κ2) is 6.97. The van der Waals surface area contributed by atoms with Crippen LogP contribution in [0.25, 0.3) is 0 Å². The maximum absolute atomic E-state index is 10.4. The summed E-state index contributed by atoms with van der Waals surface area (Å²) in [4.78, 5) is 19.4. The molecule has 1 aromatic carbocycles. The van der Waals surface area contributed by atoms with Crippen molar-refractivity contribution in [1.29, 1.82) is 0 Å². The Morgan fingerprint density at radius 1 is 1.17 bits per heavy atom. The number of carbonyl (C=O) groups is 2. The van der Waals surface area contributed by atoms with E-state index in [1.165, 1.54) is 18.2 Å². The third-order valence-electron chi connectivity index (χ3n) is 1.81. The first-order valence-electron chi connectivity index (χ1n) is 4.78. The normalized spacial score (nSPS) is 10.9. The zero-order chi connectivity index (χ0) is 14.3. The van der Waals surface area contributed by atoms with Crippen molar-refractivity contribution in [3.05, 3.63) is 23.8 Å². The molecule has 0 spiro atoms. The van der Waals surface area contributed by atoms with Crippen molar-refractivity contribution in [3.63, 3.8) is 0 Å². The van der Waals surface area contributed by atoms with E-state index in [-0.39, 0.29) is 17.9 Å². The summed E-state index contributed by atoms with van der Waals surface area (Å²) in [7, 11) is 0. The predicted octanol–water partition coefficient (Wildman–Crippen LogP) is -0.924. The maximum Gasteiger partial charge on any atom is 0.320 e. The fourth-order valence-electron chi connectivity index (χ4n) is 1.04. The van der Waals surface area contributed by atoms with Crippen LogP contribution in [0.4, 0.5) is 4.79 Å². The smallest absolute Gasteiger partial charge is 0.320 e. The van der Waals surface area contributed by atoms with E-state index in [1.807, 2.05) is 0 Å². The lowest BCUT2D eigenvalue weighted by Gasteiger charge is -2.06. The van der Waals surface area contributed by atoms with Crippen LogP contribution in [0.1, 0.15) is 5.56 Å². The van der Waals surface area contributed by atoms with Crippen molar-refractivity contribution < 1.29 is 24.9 Å². The molecule has 18 heavy (non-hydrogen) atoms. The van der Waals surface area contributed by atoms with E-state index in [9.17, 15) is 4.79 Å². The zero-order valence-corrected chi connectivity index (χ0v) is 9.41. The summed E-state index contributed by atoms with van der Waals surface area (Å²) >= 11 is 0. The van der Waals surface area contributed by atoms with Crippen molar-refractivity contribution in [1.82, 2.24) is 0 Å². The maximum atomic E-state index is 10.4. The standard InChI is InChI=1S/C9H11NO4.CH4N2O/c10-6(9(13)14)3-5-1-2-7(11)8(12)4-5;2-1(3)4/h1-2,4,6,11-12H,3,10H2,(H,13,14);(H4,2,3,4). The van der Waals surface area contributed by atoms with Gasteiger partial charge >= 0.3 is 12.0 Å². The minimum atomic E-state index is -1.10. The summed E-state index contributed by atoms with van der Waals surface area (Å²) in [5.74, 6) is -1.62. The molecule has 100 valence electrons. The summed E-state index contributed by atoms with van der Waals surface area (Å²) in [6, 6.07) is 2.26. The lowest BCUT2D eigenvalue weighted by Crippen LogP contribution is -2.32. The van der Waals surface area contributed by atoms with Gasteiger partial charge in [-0.2, -0.15) is 0 Å². The van der Waals surface area contributed by atoms with Crippen LogP contribution in [0.15, 0.2) is 18.2 Å². The molecular formula is C10H15N3O5. The van der Waals surface area contributed by atoms with Gasteiger partial charge in [-0.25, -0.2) is 4.79 Å². The highest BCUT2D eigenvalue weighted by atomic mass is 16.4. The van der Waals surface area contributed by atoms with Gasteiger partial charge in [0, 0.05) is 0 Å². The summed E-state index contributed by atoms with van der Waals surface area (Å²) in [5.41, 5.74) is 14.4. The number of phenolic OH excluding ortho intramolecular Hbond substituents is 2. The van der Waals surface area contributed by atoms with Gasteiger partial charge in [0.05, 0.1) is 0 Å². The summed E-state index contributed by atoms with van der Waals surface area (Å²) in [6.07, 6.45) is 0.114. The van der Waals surface area contributed by atoms with E-state index < -0.39 is 18.0 Å². The van der Waals surface area contributed by atoms with Crippen LogP contribution in [0, 0.1) is 0 Å². The molecule has 1 aromatic rings. The molecule has 2 amide bonds. The fourth-order valence-corrected chi connectivity index (χ4v) is 1.04. The molecule has 0 bridgehead atoms. The Kier molecular flexibility index (Phi) is 6.01. The number of phenols is 2. The van der Waals surface area contributed by atoms with Gasteiger partial charge in [-0.1, -0.05) is 6.07 Å². The third kappa shape index (κ3) is 6.18. The lowest BCUT2D eigenvalue weighted by atomic mass is 10.1. The third-order valence-corrected chi connectivity index (χ3v) is 1.81. The number of primary amides is 2. The minimum absolute atomic E-state index is 0.114. The van der Waals surface area contributed by atoms with Gasteiger partial charge in [-0.15, -0.1) is 0 Å². The van der Waals surface area contributed by atoms with Crippen LogP contribution in [0.3, 0.4) is 0 Å². The Bertz CT molecular complexity index is 432. The first-order valence-corrected chi connectivity index (χ1v) is 4.78. The van der Waals surface area contributed by atoms with Crippen molar-refractivity contribution in [3.8, 4) is 11.5 Å². The molecule has 0 saturated heterocycles. The Morgan fingerprint density at radius 2 is 1.67 bits per heavy atom. The Balaban J connectivity index is 0.000000631.